The average Bonchev–Trinajstić information content (AvgIpc) is 2.46. The number of nitrogens with zero attached hydrogens (tertiary/aromatic N) is 3. The third kappa shape index (κ3) is 3.56. The number of rotatable bonds is 3. The van der Waals surface area contributed by atoms with Crippen LogP contribution in [0.4, 0.5) is 17.5 Å². The van der Waals surface area contributed by atoms with Crippen molar-refractivity contribution in [1.82, 2.24) is 9.97 Å². The van der Waals surface area contributed by atoms with Gasteiger partial charge in [-0.3, -0.25) is 0 Å². The zero-order valence-corrected chi connectivity index (χ0v) is 13.6. The number of aryl methyl sites for hydroxylation is 2. The van der Waals surface area contributed by atoms with Gasteiger partial charge in [-0.2, -0.15) is 4.98 Å². The van der Waals surface area contributed by atoms with Crippen molar-refractivity contribution in [3.8, 4) is 0 Å². The van der Waals surface area contributed by atoms with Gasteiger partial charge in [0.15, 0.2) is 0 Å². The lowest BCUT2D eigenvalue weighted by Gasteiger charge is -2.31. The molecule has 3 rings (SSSR count). The van der Waals surface area contributed by atoms with Crippen LogP contribution in [0.3, 0.4) is 0 Å². The predicted molar refractivity (Wildman–Crippen MR) is 91.8 cm³/mol. The summed E-state index contributed by atoms with van der Waals surface area (Å²) in [5, 5.41) is 3.33. The average molecular weight is 296 g/mol. The first-order valence-electron chi connectivity index (χ1n) is 8.03. The van der Waals surface area contributed by atoms with Gasteiger partial charge in [-0.25, -0.2) is 4.98 Å². The summed E-state index contributed by atoms with van der Waals surface area (Å²) in [6, 6.07) is 8.40. The molecule has 2 heterocycles. The molecule has 4 heteroatoms. The fourth-order valence-corrected chi connectivity index (χ4v) is 3.16. The van der Waals surface area contributed by atoms with Crippen LogP contribution >= 0.6 is 0 Å². The van der Waals surface area contributed by atoms with Crippen molar-refractivity contribution < 1.29 is 0 Å². The molecule has 0 aliphatic carbocycles. The maximum atomic E-state index is 4.69. The highest BCUT2D eigenvalue weighted by atomic mass is 15.2. The third-order valence-corrected chi connectivity index (χ3v) is 4.10. The molecule has 0 saturated carbocycles. The number of benzene rings is 1. The van der Waals surface area contributed by atoms with Gasteiger partial charge in [0.1, 0.15) is 5.82 Å². The molecule has 1 aliphatic rings. The molecular formula is C18H24N4. The lowest BCUT2D eigenvalue weighted by Crippen LogP contribution is -2.34. The van der Waals surface area contributed by atoms with E-state index in [-0.39, 0.29) is 0 Å². The number of anilines is 3. The van der Waals surface area contributed by atoms with E-state index in [9.17, 15) is 0 Å². The molecule has 1 aromatic carbocycles. The van der Waals surface area contributed by atoms with E-state index in [0.717, 1.165) is 30.5 Å². The minimum Gasteiger partial charge on any atom is -0.356 e. The zero-order chi connectivity index (χ0) is 15.5. The second-order valence-electron chi connectivity index (χ2n) is 6.43. The van der Waals surface area contributed by atoms with E-state index in [2.05, 4.69) is 59.2 Å². The minimum absolute atomic E-state index is 0.667. The van der Waals surface area contributed by atoms with Gasteiger partial charge in [0.05, 0.1) is 0 Å². The van der Waals surface area contributed by atoms with Crippen LogP contribution in [0.5, 0.6) is 0 Å². The van der Waals surface area contributed by atoms with Gasteiger partial charge >= 0.3 is 0 Å². The maximum Gasteiger partial charge on any atom is 0.229 e. The number of piperidine rings is 1. The highest BCUT2D eigenvalue weighted by molar-refractivity contribution is 5.57. The van der Waals surface area contributed by atoms with Crippen molar-refractivity contribution in [1.29, 1.82) is 0 Å². The monoisotopic (exact) mass is 296 g/mol. The summed E-state index contributed by atoms with van der Waals surface area (Å²) in [5.41, 5.74) is 3.52. The van der Waals surface area contributed by atoms with Crippen LogP contribution in [0.1, 0.15) is 30.9 Å². The lowest BCUT2D eigenvalue weighted by atomic mass is 10.0. The smallest absolute Gasteiger partial charge is 0.229 e. The Balaban J connectivity index is 1.78. The van der Waals surface area contributed by atoms with E-state index >= 15 is 0 Å². The van der Waals surface area contributed by atoms with Crippen LogP contribution < -0.4 is 10.2 Å². The summed E-state index contributed by atoms with van der Waals surface area (Å²) in [6.45, 7) is 8.68. The summed E-state index contributed by atoms with van der Waals surface area (Å²) in [7, 11) is 0. The highest BCUT2D eigenvalue weighted by Crippen LogP contribution is 2.23. The molecule has 1 N–H and O–H groups in total. The molecule has 1 aliphatic heterocycles. The van der Waals surface area contributed by atoms with Gasteiger partial charge in [-0.15, -0.1) is 0 Å². The Bertz CT molecular complexity index is 633. The summed E-state index contributed by atoms with van der Waals surface area (Å²) in [6.07, 6.45) is 4.40. The topological polar surface area (TPSA) is 41.1 Å². The first-order valence-corrected chi connectivity index (χ1v) is 8.03. The summed E-state index contributed by atoms with van der Waals surface area (Å²) < 4.78 is 0. The van der Waals surface area contributed by atoms with Crippen molar-refractivity contribution in [3.63, 3.8) is 0 Å². The Morgan fingerprint density at radius 3 is 2.68 bits per heavy atom. The largest absolute Gasteiger partial charge is 0.356 e. The SMILES string of the molecule is Cc1cc(C)cc(Nc2nccc(N3CCCC(C)C3)n2)c1. The summed E-state index contributed by atoms with van der Waals surface area (Å²) in [4.78, 5) is 11.4. The summed E-state index contributed by atoms with van der Waals surface area (Å²) in [5.74, 6) is 2.42. The number of nitrogens with one attached hydrogen (secondary N) is 1. The van der Waals surface area contributed by atoms with Crippen LogP contribution in [0.25, 0.3) is 0 Å². The number of hydrogen-bond acceptors (Lipinski definition) is 4. The van der Waals surface area contributed by atoms with Gasteiger partial charge in [0, 0.05) is 25.0 Å². The molecule has 0 bridgehead atoms. The van der Waals surface area contributed by atoms with Crippen molar-refractivity contribution in [2.24, 2.45) is 5.92 Å². The maximum absolute atomic E-state index is 4.69. The van der Waals surface area contributed by atoms with Gasteiger partial charge in [0.25, 0.3) is 0 Å². The minimum atomic E-state index is 0.667. The second-order valence-corrected chi connectivity index (χ2v) is 6.43. The molecule has 0 amide bonds. The zero-order valence-electron chi connectivity index (χ0n) is 13.6. The van der Waals surface area contributed by atoms with Gasteiger partial charge in [-0.05, 0) is 61.9 Å². The molecule has 0 radical (unpaired) electrons. The van der Waals surface area contributed by atoms with E-state index in [4.69, 9.17) is 0 Å². The van der Waals surface area contributed by atoms with E-state index in [1.807, 2.05) is 12.3 Å². The molecule has 4 nitrogen and oxygen atoms in total. The molecule has 1 atom stereocenters. The fourth-order valence-electron chi connectivity index (χ4n) is 3.16. The Hall–Kier alpha value is -2.10. The molecule has 1 unspecified atom stereocenters. The van der Waals surface area contributed by atoms with E-state index in [0.29, 0.717) is 5.95 Å². The van der Waals surface area contributed by atoms with E-state index < -0.39 is 0 Å². The third-order valence-electron chi connectivity index (χ3n) is 4.10. The van der Waals surface area contributed by atoms with Crippen LogP contribution in [0.15, 0.2) is 30.5 Å². The first-order chi connectivity index (χ1) is 10.6. The van der Waals surface area contributed by atoms with Gasteiger partial charge < -0.3 is 10.2 Å². The molecule has 1 saturated heterocycles. The standard InChI is InChI=1S/C18H24N4/c1-13-5-4-8-22(12-13)17-6-7-19-18(21-17)20-16-10-14(2)9-15(3)11-16/h6-7,9-11,13H,4-5,8,12H2,1-3H3,(H,19,20,21). The van der Waals surface area contributed by atoms with Gasteiger partial charge in [0.2, 0.25) is 5.95 Å². The predicted octanol–water partition coefficient (Wildman–Crippen LogP) is 4.07. The van der Waals surface area contributed by atoms with Crippen LogP contribution in [-0.2, 0) is 0 Å². The van der Waals surface area contributed by atoms with E-state index in [1.165, 1.54) is 24.0 Å². The molecule has 116 valence electrons. The Kier molecular flexibility index (Phi) is 4.27. The van der Waals surface area contributed by atoms with Crippen molar-refractivity contribution in [3.05, 3.63) is 41.6 Å². The lowest BCUT2D eigenvalue weighted by molar-refractivity contribution is 0.444. The summed E-state index contributed by atoms with van der Waals surface area (Å²) >= 11 is 0. The van der Waals surface area contributed by atoms with Crippen molar-refractivity contribution in [2.75, 3.05) is 23.3 Å². The van der Waals surface area contributed by atoms with Crippen LogP contribution in [0, 0.1) is 19.8 Å². The van der Waals surface area contributed by atoms with Crippen molar-refractivity contribution in [2.45, 2.75) is 33.6 Å². The van der Waals surface area contributed by atoms with Gasteiger partial charge in [-0.1, -0.05) is 13.0 Å². The molecule has 2 aromatic rings. The Morgan fingerprint density at radius 2 is 1.95 bits per heavy atom. The highest BCUT2D eigenvalue weighted by Gasteiger charge is 2.17. The molecule has 22 heavy (non-hydrogen) atoms. The first kappa shape index (κ1) is 14.8. The van der Waals surface area contributed by atoms with Crippen LogP contribution in [-0.4, -0.2) is 23.1 Å². The fraction of sp³-hybridized carbons (Fsp3) is 0.444. The number of aromatic nitrogens is 2. The quantitative estimate of drug-likeness (QED) is 0.927. The molecule has 0 spiro atoms. The Labute approximate surface area is 132 Å². The van der Waals surface area contributed by atoms with Crippen molar-refractivity contribution >= 4 is 17.5 Å². The molecular weight excluding hydrogens is 272 g/mol. The van der Waals surface area contributed by atoms with Crippen LogP contribution in [0.2, 0.25) is 0 Å². The number of hydrogen-bond donors (Lipinski definition) is 1. The molecule has 1 fully saturated rings. The normalized spacial score (nSPS) is 18.3. The Morgan fingerprint density at radius 1 is 1.18 bits per heavy atom. The van der Waals surface area contributed by atoms with E-state index in [1.54, 1.807) is 0 Å². The molecule has 1 aromatic heterocycles. The second kappa shape index (κ2) is 6.34.